The summed E-state index contributed by atoms with van der Waals surface area (Å²) in [4.78, 5) is 38.2. The molecule has 3 rings (SSSR count). The fourth-order valence-electron chi connectivity index (χ4n) is 3.26. The maximum atomic E-state index is 12.8. The Hall–Kier alpha value is -3.26. The van der Waals surface area contributed by atoms with Crippen LogP contribution in [-0.2, 0) is 14.4 Å². The van der Waals surface area contributed by atoms with Gasteiger partial charge in [0.1, 0.15) is 11.5 Å². The number of benzene rings is 2. The molecule has 3 amide bonds. The van der Waals surface area contributed by atoms with Crippen molar-refractivity contribution in [3.63, 3.8) is 0 Å². The van der Waals surface area contributed by atoms with E-state index in [0.29, 0.717) is 33.6 Å². The van der Waals surface area contributed by atoms with E-state index in [9.17, 15) is 14.4 Å². The fraction of sp³-hybridized carbons (Fsp3) is 0.286. The molecule has 158 valence electrons. The molecule has 1 heterocycles. The Kier molecular flexibility index (Phi) is 6.47. The largest absolute Gasteiger partial charge is 0.497 e. The Labute approximate surface area is 179 Å². The number of carbonyl (C=O) groups excluding carboxylic acids is 3. The summed E-state index contributed by atoms with van der Waals surface area (Å²) in [7, 11) is 3.05. The van der Waals surface area contributed by atoms with Gasteiger partial charge in [0.2, 0.25) is 17.7 Å². The Morgan fingerprint density at radius 1 is 1.10 bits per heavy atom. The molecule has 2 N–H and O–H groups in total. The van der Waals surface area contributed by atoms with Crippen LogP contribution < -0.4 is 25.0 Å². The van der Waals surface area contributed by atoms with Gasteiger partial charge in [-0.05, 0) is 30.3 Å². The van der Waals surface area contributed by atoms with Crippen LogP contribution in [0, 0.1) is 5.92 Å². The molecule has 1 unspecified atom stereocenters. The first-order chi connectivity index (χ1) is 14.3. The normalized spacial score (nSPS) is 15.7. The molecule has 0 spiro atoms. The third-order valence-corrected chi connectivity index (χ3v) is 5.05. The molecule has 0 aromatic heterocycles. The van der Waals surface area contributed by atoms with Crippen molar-refractivity contribution in [1.82, 2.24) is 0 Å². The highest BCUT2D eigenvalue weighted by molar-refractivity contribution is 6.34. The van der Waals surface area contributed by atoms with Crippen molar-refractivity contribution in [3.8, 4) is 11.5 Å². The zero-order chi connectivity index (χ0) is 21.8. The number of hydrogen-bond acceptors (Lipinski definition) is 5. The summed E-state index contributed by atoms with van der Waals surface area (Å²) >= 11 is 6.17. The summed E-state index contributed by atoms with van der Waals surface area (Å²) < 4.78 is 10.6. The number of nitrogens with one attached hydrogen (secondary N) is 2. The number of anilines is 3. The fourth-order valence-corrected chi connectivity index (χ4v) is 3.43. The topological polar surface area (TPSA) is 97.0 Å². The van der Waals surface area contributed by atoms with Crippen LogP contribution >= 0.6 is 11.6 Å². The third kappa shape index (κ3) is 4.65. The van der Waals surface area contributed by atoms with Gasteiger partial charge in [-0.25, -0.2) is 0 Å². The molecule has 2 aromatic rings. The first-order valence-corrected chi connectivity index (χ1v) is 9.60. The minimum atomic E-state index is -0.575. The van der Waals surface area contributed by atoms with Crippen molar-refractivity contribution in [1.29, 1.82) is 0 Å². The highest BCUT2D eigenvalue weighted by atomic mass is 35.5. The Balaban J connectivity index is 1.77. The summed E-state index contributed by atoms with van der Waals surface area (Å²) in [6, 6.07) is 9.93. The van der Waals surface area contributed by atoms with Crippen molar-refractivity contribution in [3.05, 3.63) is 41.4 Å². The van der Waals surface area contributed by atoms with Gasteiger partial charge < -0.3 is 25.0 Å². The molecule has 1 aliphatic rings. The van der Waals surface area contributed by atoms with Gasteiger partial charge in [-0.15, -0.1) is 0 Å². The highest BCUT2D eigenvalue weighted by Gasteiger charge is 2.36. The van der Waals surface area contributed by atoms with Gasteiger partial charge in [0.15, 0.2) is 0 Å². The van der Waals surface area contributed by atoms with Crippen molar-refractivity contribution >= 4 is 46.4 Å². The van der Waals surface area contributed by atoms with Crippen molar-refractivity contribution in [2.75, 3.05) is 36.3 Å². The van der Waals surface area contributed by atoms with Gasteiger partial charge in [0.25, 0.3) is 0 Å². The SMILES string of the molecule is COc1ccc(OC)c(N2CC(C(=O)Nc3cc(NC(C)=O)ccc3Cl)CC2=O)c1. The Bertz CT molecular complexity index is 995. The molecule has 2 aromatic carbocycles. The van der Waals surface area contributed by atoms with E-state index in [1.807, 2.05) is 0 Å². The molecule has 1 saturated heterocycles. The Morgan fingerprint density at radius 2 is 1.87 bits per heavy atom. The van der Waals surface area contributed by atoms with E-state index in [2.05, 4.69) is 10.6 Å². The minimum Gasteiger partial charge on any atom is -0.497 e. The summed E-state index contributed by atoms with van der Waals surface area (Å²) in [5, 5.41) is 5.72. The number of ether oxygens (including phenoxy) is 2. The van der Waals surface area contributed by atoms with E-state index in [1.54, 1.807) is 36.4 Å². The minimum absolute atomic E-state index is 0.0508. The van der Waals surface area contributed by atoms with Crippen LogP contribution in [0.3, 0.4) is 0 Å². The lowest BCUT2D eigenvalue weighted by Gasteiger charge is -2.20. The summed E-state index contributed by atoms with van der Waals surface area (Å²) in [6.07, 6.45) is 0.0508. The van der Waals surface area contributed by atoms with Crippen LogP contribution in [0.5, 0.6) is 11.5 Å². The molecule has 1 aliphatic heterocycles. The molecule has 1 atom stereocenters. The van der Waals surface area contributed by atoms with E-state index in [-0.39, 0.29) is 30.7 Å². The molecule has 1 fully saturated rings. The Morgan fingerprint density at radius 3 is 2.53 bits per heavy atom. The van der Waals surface area contributed by atoms with Crippen LogP contribution in [0.25, 0.3) is 0 Å². The summed E-state index contributed by atoms with van der Waals surface area (Å²) in [5.41, 5.74) is 1.41. The maximum absolute atomic E-state index is 12.8. The third-order valence-electron chi connectivity index (χ3n) is 4.72. The van der Waals surface area contributed by atoms with Gasteiger partial charge in [-0.3, -0.25) is 14.4 Å². The number of halogens is 1. The molecule has 30 heavy (non-hydrogen) atoms. The molecule has 8 nitrogen and oxygen atoms in total. The van der Waals surface area contributed by atoms with E-state index in [4.69, 9.17) is 21.1 Å². The molecule has 0 radical (unpaired) electrons. The van der Waals surface area contributed by atoms with E-state index in [1.165, 1.54) is 26.0 Å². The van der Waals surface area contributed by atoms with Gasteiger partial charge in [-0.2, -0.15) is 0 Å². The lowest BCUT2D eigenvalue weighted by Crippen LogP contribution is -2.28. The van der Waals surface area contributed by atoms with Crippen molar-refractivity contribution < 1.29 is 23.9 Å². The summed E-state index contributed by atoms with van der Waals surface area (Å²) in [6.45, 7) is 1.58. The van der Waals surface area contributed by atoms with E-state index >= 15 is 0 Å². The van der Waals surface area contributed by atoms with Gasteiger partial charge in [0, 0.05) is 31.6 Å². The lowest BCUT2D eigenvalue weighted by molar-refractivity contribution is -0.122. The van der Waals surface area contributed by atoms with Gasteiger partial charge >= 0.3 is 0 Å². The first-order valence-electron chi connectivity index (χ1n) is 9.22. The summed E-state index contributed by atoms with van der Waals surface area (Å²) in [5.74, 6) is -0.258. The predicted octanol–water partition coefficient (Wildman–Crippen LogP) is 3.31. The van der Waals surface area contributed by atoms with E-state index < -0.39 is 5.92 Å². The second kappa shape index (κ2) is 9.04. The predicted molar refractivity (Wildman–Crippen MR) is 114 cm³/mol. The molecule has 0 bridgehead atoms. The maximum Gasteiger partial charge on any atom is 0.229 e. The number of carbonyl (C=O) groups is 3. The van der Waals surface area contributed by atoms with Crippen LogP contribution in [0.15, 0.2) is 36.4 Å². The van der Waals surface area contributed by atoms with Crippen LogP contribution in [0.2, 0.25) is 5.02 Å². The molecule has 0 aliphatic carbocycles. The molecular formula is C21H22ClN3O5. The average molecular weight is 432 g/mol. The van der Waals surface area contributed by atoms with Gasteiger partial charge in [0.05, 0.1) is 36.5 Å². The number of rotatable bonds is 6. The monoisotopic (exact) mass is 431 g/mol. The number of nitrogens with zero attached hydrogens (tertiary/aromatic N) is 1. The van der Waals surface area contributed by atoms with E-state index in [0.717, 1.165) is 0 Å². The number of methoxy groups -OCH3 is 2. The standard InChI is InChI=1S/C21H22ClN3O5/c1-12(26)23-14-4-6-16(22)17(9-14)24-21(28)13-8-20(27)25(11-13)18-10-15(29-2)5-7-19(18)30-3/h4-7,9-10,13H,8,11H2,1-3H3,(H,23,26)(H,24,28). The molecular weight excluding hydrogens is 410 g/mol. The van der Waals surface area contributed by atoms with Crippen molar-refractivity contribution in [2.45, 2.75) is 13.3 Å². The zero-order valence-electron chi connectivity index (χ0n) is 16.8. The first kappa shape index (κ1) is 21.4. The van der Waals surface area contributed by atoms with Crippen molar-refractivity contribution in [2.24, 2.45) is 5.92 Å². The average Bonchev–Trinajstić information content (AvgIpc) is 3.11. The van der Waals surface area contributed by atoms with Crippen LogP contribution in [0.1, 0.15) is 13.3 Å². The smallest absolute Gasteiger partial charge is 0.229 e. The van der Waals surface area contributed by atoms with Crippen LogP contribution in [-0.4, -0.2) is 38.5 Å². The van der Waals surface area contributed by atoms with Gasteiger partial charge in [-0.1, -0.05) is 11.6 Å². The number of amides is 3. The van der Waals surface area contributed by atoms with Crippen LogP contribution in [0.4, 0.5) is 17.1 Å². The second-order valence-corrected chi connectivity index (χ2v) is 7.22. The second-order valence-electron chi connectivity index (χ2n) is 6.81. The molecule has 9 heteroatoms. The zero-order valence-corrected chi connectivity index (χ0v) is 17.6. The molecule has 0 saturated carbocycles. The highest BCUT2D eigenvalue weighted by Crippen LogP contribution is 2.36. The lowest BCUT2D eigenvalue weighted by atomic mass is 10.1. The quantitative estimate of drug-likeness (QED) is 0.731. The number of hydrogen-bond donors (Lipinski definition) is 2.